The number of aliphatic hydroxyl groups is 1. The monoisotopic (exact) mass is 532 g/mol. The van der Waals surface area contributed by atoms with Gasteiger partial charge in [0, 0.05) is 28.6 Å². The van der Waals surface area contributed by atoms with Crippen LogP contribution in [-0.2, 0) is 20.8 Å². The number of aliphatic hydroxyl groups excluding tert-OH is 1. The Morgan fingerprint density at radius 1 is 1.05 bits per heavy atom. The number of hydrogen-bond donors (Lipinski definition) is 5. The van der Waals surface area contributed by atoms with Gasteiger partial charge in [-0.2, -0.15) is 0 Å². The van der Waals surface area contributed by atoms with Crippen LogP contribution in [0.4, 0.5) is 0 Å². The number of benzene rings is 2. The summed E-state index contributed by atoms with van der Waals surface area (Å²) in [5, 5.41) is 25.4. The molecule has 1 aromatic heterocycles. The lowest BCUT2D eigenvalue weighted by Crippen LogP contribution is -2.59. The first-order valence-electron chi connectivity index (χ1n) is 13.1. The Bertz CT molecular complexity index is 1460. The van der Waals surface area contributed by atoms with Crippen molar-refractivity contribution in [1.82, 2.24) is 20.5 Å². The molecule has 2 aromatic carbocycles. The maximum absolute atomic E-state index is 13.9. The Morgan fingerprint density at radius 2 is 1.74 bits per heavy atom. The number of nitrogens with one attached hydrogen (secondary N) is 3. The molecule has 0 saturated heterocycles. The summed E-state index contributed by atoms with van der Waals surface area (Å²) in [6.45, 7) is 5.03. The van der Waals surface area contributed by atoms with Gasteiger partial charge in [-0.05, 0) is 42.5 Å². The molecule has 0 bridgehead atoms. The minimum absolute atomic E-state index is 0.00660. The largest absolute Gasteiger partial charge is 0.480 e. The number of carbonyl (C=O) groups excluding carboxylic acids is 3. The van der Waals surface area contributed by atoms with Gasteiger partial charge in [-0.15, -0.1) is 0 Å². The Morgan fingerprint density at radius 3 is 2.44 bits per heavy atom. The number of carboxylic acids is 1. The van der Waals surface area contributed by atoms with Crippen molar-refractivity contribution >= 4 is 34.6 Å². The molecule has 0 radical (unpaired) electrons. The highest BCUT2D eigenvalue weighted by Gasteiger charge is 2.49. The first kappa shape index (κ1) is 26.4. The number of H-pyrrole nitrogens is 1. The summed E-state index contributed by atoms with van der Waals surface area (Å²) < 4.78 is 0. The molecule has 2 aliphatic heterocycles. The molecule has 3 heterocycles. The quantitative estimate of drug-likeness (QED) is 0.300. The van der Waals surface area contributed by atoms with Crippen LogP contribution in [0.3, 0.4) is 0 Å². The Kier molecular flexibility index (Phi) is 6.90. The fraction of sp³-hybridized carbons (Fsp3) is 0.379. The smallest absolute Gasteiger partial charge is 0.328 e. The van der Waals surface area contributed by atoms with Crippen molar-refractivity contribution in [3.8, 4) is 0 Å². The van der Waals surface area contributed by atoms with Gasteiger partial charge < -0.3 is 30.7 Å². The van der Waals surface area contributed by atoms with Gasteiger partial charge in [0.15, 0.2) is 6.04 Å². The molecule has 3 amide bonds. The van der Waals surface area contributed by atoms with Gasteiger partial charge in [-0.1, -0.05) is 50.2 Å². The van der Waals surface area contributed by atoms with Gasteiger partial charge in [0.25, 0.3) is 5.91 Å². The van der Waals surface area contributed by atoms with Crippen LogP contribution in [0.15, 0.2) is 48.5 Å². The number of hydrogen-bond acceptors (Lipinski definition) is 5. The van der Waals surface area contributed by atoms with Gasteiger partial charge in [-0.25, -0.2) is 4.79 Å². The van der Waals surface area contributed by atoms with Crippen LogP contribution in [0.5, 0.6) is 0 Å². The summed E-state index contributed by atoms with van der Waals surface area (Å²) in [4.78, 5) is 57.2. The summed E-state index contributed by atoms with van der Waals surface area (Å²) in [6, 6.07) is 11.1. The number of fused-ring (bicyclic) bond motifs is 7. The van der Waals surface area contributed by atoms with Crippen molar-refractivity contribution in [3.05, 3.63) is 70.9 Å². The first-order chi connectivity index (χ1) is 18.6. The lowest BCUT2D eigenvalue weighted by molar-refractivity contribution is -0.145. The third-order valence-corrected chi connectivity index (χ3v) is 7.54. The second kappa shape index (κ2) is 10.2. The van der Waals surface area contributed by atoms with Crippen molar-refractivity contribution in [2.45, 2.75) is 63.9 Å². The second-order valence-corrected chi connectivity index (χ2v) is 10.7. The van der Waals surface area contributed by atoms with E-state index in [0.717, 1.165) is 27.7 Å². The summed E-state index contributed by atoms with van der Waals surface area (Å²) in [5.74, 6) is -2.85. The normalized spacial score (nSPS) is 20.1. The number of amides is 3. The van der Waals surface area contributed by atoms with Gasteiger partial charge in [0.2, 0.25) is 11.8 Å². The van der Waals surface area contributed by atoms with Crippen molar-refractivity contribution < 1.29 is 29.4 Å². The molecule has 0 saturated carbocycles. The molecule has 0 fully saturated rings. The highest BCUT2D eigenvalue weighted by molar-refractivity contribution is 6.04. The molecule has 5 N–H and O–H groups in total. The van der Waals surface area contributed by atoms with E-state index in [-0.39, 0.29) is 24.7 Å². The van der Waals surface area contributed by atoms with Crippen LogP contribution in [0.1, 0.15) is 60.4 Å². The minimum atomic E-state index is -1.52. The first-order valence-corrected chi connectivity index (χ1v) is 13.1. The number of para-hydroxylation sites is 1. The number of carbonyl (C=O) groups is 4. The third-order valence-electron chi connectivity index (χ3n) is 7.54. The fourth-order valence-electron chi connectivity index (χ4n) is 5.75. The van der Waals surface area contributed by atoms with E-state index in [9.17, 15) is 29.4 Å². The van der Waals surface area contributed by atoms with Crippen LogP contribution in [0.25, 0.3) is 10.9 Å². The van der Waals surface area contributed by atoms with E-state index in [0.29, 0.717) is 5.56 Å². The number of aromatic amines is 1. The lowest BCUT2D eigenvalue weighted by Gasteiger charge is -2.38. The van der Waals surface area contributed by atoms with E-state index in [2.05, 4.69) is 15.6 Å². The summed E-state index contributed by atoms with van der Waals surface area (Å²) >= 11 is 0. The molecule has 10 nitrogen and oxygen atoms in total. The maximum Gasteiger partial charge on any atom is 0.328 e. The second-order valence-electron chi connectivity index (χ2n) is 10.7. The summed E-state index contributed by atoms with van der Waals surface area (Å²) in [7, 11) is 0. The zero-order chi connectivity index (χ0) is 28.0. The average Bonchev–Trinajstić information content (AvgIpc) is 3.41. The molecule has 0 spiro atoms. The van der Waals surface area contributed by atoms with E-state index in [1.54, 1.807) is 17.0 Å². The number of nitrogens with zero attached hydrogens (tertiary/aromatic N) is 1. The van der Waals surface area contributed by atoms with Gasteiger partial charge >= 0.3 is 5.97 Å². The molecule has 3 aromatic rings. The van der Waals surface area contributed by atoms with Crippen LogP contribution >= 0.6 is 0 Å². The highest BCUT2D eigenvalue weighted by atomic mass is 16.4. The fourth-order valence-corrected chi connectivity index (χ4v) is 5.75. The van der Waals surface area contributed by atoms with E-state index >= 15 is 0 Å². The summed E-state index contributed by atoms with van der Waals surface area (Å²) in [5.41, 5.74) is 4.07. The summed E-state index contributed by atoms with van der Waals surface area (Å²) in [6.07, 6.45) is -0.836. The zero-order valence-corrected chi connectivity index (χ0v) is 22.0. The molecule has 204 valence electrons. The number of aromatic nitrogens is 1. The van der Waals surface area contributed by atoms with Gasteiger partial charge in [0.1, 0.15) is 12.1 Å². The van der Waals surface area contributed by atoms with Crippen LogP contribution in [0, 0.1) is 5.92 Å². The molecule has 5 atom stereocenters. The predicted molar refractivity (Wildman–Crippen MR) is 143 cm³/mol. The molecule has 5 rings (SSSR count). The van der Waals surface area contributed by atoms with Crippen molar-refractivity contribution in [1.29, 1.82) is 0 Å². The van der Waals surface area contributed by atoms with Gasteiger partial charge in [0.05, 0.1) is 12.1 Å². The highest BCUT2D eigenvalue weighted by Crippen LogP contribution is 2.46. The molecular formula is C29H32N4O6. The minimum Gasteiger partial charge on any atom is -0.480 e. The lowest BCUT2D eigenvalue weighted by atomic mass is 9.89. The molecule has 0 aliphatic carbocycles. The van der Waals surface area contributed by atoms with Gasteiger partial charge in [-0.3, -0.25) is 14.4 Å². The molecule has 2 aliphatic rings. The Balaban J connectivity index is 1.50. The van der Waals surface area contributed by atoms with E-state index < -0.39 is 48.1 Å². The third kappa shape index (κ3) is 4.65. The maximum atomic E-state index is 13.9. The predicted octanol–water partition coefficient (Wildman–Crippen LogP) is 2.12. The SMILES string of the molecule is CC(C)C[C@H](NC(=O)[C@@H]1Cc2c([nH]c3ccccc23)[C@@H]2c3ccccc3C(=O)N21)C(=O)N[C@@H](C(=O)O)[C@@H](C)O. The van der Waals surface area contributed by atoms with E-state index in [4.69, 9.17) is 0 Å². The van der Waals surface area contributed by atoms with Crippen LogP contribution in [-0.4, -0.2) is 68.0 Å². The number of aliphatic carboxylic acids is 1. The van der Waals surface area contributed by atoms with Crippen molar-refractivity contribution in [3.63, 3.8) is 0 Å². The van der Waals surface area contributed by atoms with Crippen molar-refractivity contribution in [2.24, 2.45) is 5.92 Å². The molecule has 0 unspecified atom stereocenters. The van der Waals surface area contributed by atoms with Crippen molar-refractivity contribution in [2.75, 3.05) is 0 Å². The van der Waals surface area contributed by atoms with E-state index in [1.165, 1.54) is 6.92 Å². The van der Waals surface area contributed by atoms with Crippen LogP contribution in [0.2, 0.25) is 0 Å². The standard InChI is InChI=1S/C29H32N4O6/c1-14(2)12-21(26(35)32-23(15(3)34)29(38)39)31-27(36)22-13-19-16-8-6-7-11-20(16)30-24(19)25-17-9-4-5-10-18(17)28(37)33(22)25/h4-11,14-15,21-23,25,30,34H,12-13H2,1-3H3,(H,31,36)(H,32,35)(H,38,39)/t15-,21+,22+,23-,25+/m1/s1. The Labute approximate surface area is 225 Å². The molecule has 10 heteroatoms. The molecule has 39 heavy (non-hydrogen) atoms. The topological polar surface area (TPSA) is 152 Å². The number of rotatable bonds is 8. The average molecular weight is 533 g/mol. The molecular weight excluding hydrogens is 500 g/mol. The Hall–Kier alpha value is -4.18. The zero-order valence-electron chi connectivity index (χ0n) is 22.0. The number of carboxylic acid groups (broad SMARTS) is 1. The van der Waals surface area contributed by atoms with E-state index in [1.807, 2.05) is 50.2 Å². The van der Waals surface area contributed by atoms with Crippen LogP contribution < -0.4 is 10.6 Å².